The van der Waals surface area contributed by atoms with Crippen LogP contribution in [0.4, 0.5) is 11.4 Å². The minimum atomic E-state index is -3.78. The van der Waals surface area contributed by atoms with E-state index in [1.54, 1.807) is 18.5 Å². The molecule has 0 saturated carbocycles. The van der Waals surface area contributed by atoms with Crippen LogP contribution >= 0.6 is 11.6 Å². The predicted molar refractivity (Wildman–Crippen MR) is 93.3 cm³/mol. The van der Waals surface area contributed by atoms with E-state index in [1.807, 2.05) is 4.90 Å². The Morgan fingerprint density at radius 1 is 1.16 bits per heavy atom. The molecule has 0 radical (unpaired) electrons. The normalized spacial score (nSPS) is 16.0. The van der Waals surface area contributed by atoms with Gasteiger partial charge in [-0.1, -0.05) is 17.7 Å². The Bertz CT molecular complexity index is 898. The number of pyridine rings is 1. The quantitative estimate of drug-likeness (QED) is 0.593. The molecule has 0 atom stereocenters. The second-order valence-electron chi connectivity index (χ2n) is 5.47. The zero-order valence-corrected chi connectivity index (χ0v) is 14.7. The zero-order chi connectivity index (χ0) is 18.0. The van der Waals surface area contributed by atoms with Crippen LogP contribution in [0.1, 0.15) is 0 Å². The van der Waals surface area contributed by atoms with Crippen molar-refractivity contribution in [1.82, 2.24) is 9.29 Å². The highest BCUT2D eigenvalue weighted by atomic mass is 35.5. The van der Waals surface area contributed by atoms with Gasteiger partial charge >= 0.3 is 0 Å². The number of sulfonamides is 1. The maximum atomic E-state index is 12.7. The van der Waals surface area contributed by atoms with Crippen LogP contribution < -0.4 is 4.90 Å². The third kappa shape index (κ3) is 3.58. The molecule has 25 heavy (non-hydrogen) atoms. The van der Waals surface area contributed by atoms with Gasteiger partial charge in [0.2, 0.25) is 10.0 Å². The molecular formula is C15H15ClN4O4S. The van der Waals surface area contributed by atoms with Crippen molar-refractivity contribution in [2.24, 2.45) is 0 Å². The van der Waals surface area contributed by atoms with Crippen LogP contribution in [0.25, 0.3) is 0 Å². The Balaban J connectivity index is 1.77. The van der Waals surface area contributed by atoms with Gasteiger partial charge in [-0.2, -0.15) is 4.31 Å². The summed E-state index contributed by atoms with van der Waals surface area (Å²) in [7, 11) is -3.78. The number of non-ortho nitro benzene ring substituents is 1. The zero-order valence-electron chi connectivity index (χ0n) is 13.1. The molecule has 0 aliphatic carbocycles. The van der Waals surface area contributed by atoms with Gasteiger partial charge in [0.15, 0.2) is 0 Å². The third-order valence-corrected chi connectivity index (χ3v) is 6.18. The highest BCUT2D eigenvalue weighted by Crippen LogP contribution is 2.27. The van der Waals surface area contributed by atoms with Crippen molar-refractivity contribution in [2.45, 2.75) is 4.90 Å². The molecule has 2 heterocycles. The molecule has 1 aromatic carbocycles. The molecule has 0 spiro atoms. The molecular weight excluding hydrogens is 368 g/mol. The number of hydrogen-bond acceptors (Lipinski definition) is 6. The second-order valence-corrected chi connectivity index (χ2v) is 7.82. The Morgan fingerprint density at radius 2 is 1.88 bits per heavy atom. The molecule has 10 heteroatoms. The lowest BCUT2D eigenvalue weighted by atomic mass is 10.3. The van der Waals surface area contributed by atoms with Crippen LogP contribution in [0.5, 0.6) is 0 Å². The molecule has 2 aromatic rings. The first-order valence-corrected chi connectivity index (χ1v) is 9.30. The average molecular weight is 383 g/mol. The first-order valence-electron chi connectivity index (χ1n) is 7.48. The lowest BCUT2D eigenvalue weighted by Crippen LogP contribution is -2.48. The summed E-state index contributed by atoms with van der Waals surface area (Å²) in [5.74, 6) is 0. The molecule has 0 N–H and O–H groups in total. The van der Waals surface area contributed by atoms with E-state index in [9.17, 15) is 18.5 Å². The molecule has 0 amide bonds. The van der Waals surface area contributed by atoms with Crippen molar-refractivity contribution < 1.29 is 13.3 Å². The van der Waals surface area contributed by atoms with Gasteiger partial charge in [-0.25, -0.2) is 8.42 Å². The second kappa shape index (κ2) is 6.95. The standard InChI is InChI=1S/C15H15ClN4O4S/c16-14-11-17-5-4-15(14)18-6-8-19(9-7-18)25(23,24)13-3-1-2-12(10-13)20(21)22/h1-5,10-11H,6-9H2. The number of rotatable bonds is 4. The SMILES string of the molecule is O=[N+]([O-])c1cccc(S(=O)(=O)N2CCN(c3ccncc3Cl)CC2)c1. The molecule has 1 fully saturated rings. The first-order chi connectivity index (χ1) is 11.9. The van der Waals surface area contributed by atoms with E-state index >= 15 is 0 Å². The lowest BCUT2D eigenvalue weighted by Gasteiger charge is -2.35. The van der Waals surface area contributed by atoms with Gasteiger partial charge in [-0.3, -0.25) is 15.1 Å². The van der Waals surface area contributed by atoms with Gasteiger partial charge in [0.25, 0.3) is 5.69 Å². The van der Waals surface area contributed by atoms with Crippen LogP contribution in [0.3, 0.4) is 0 Å². The summed E-state index contributed by atoms with van der Waals surface area (Å²) in [6.45, 7) is 1.48. The van der Waals surface area contributed by atoms with E-state index in [0.29, 0.717) is 18.1 Å². The fourth-order valence-corrected chi connectivity index (χ4v) is 4.40. The Hall–Kier alpha value is -2.23. The van der Waals surface area contributed by atoms with E-state index < -0.39 is 14.9 Å². The monoisotopic (exact) mass is 382 g/mol. The van der Waals surface area contributed by atoms with Gasteiger partial charge in [0, 0.05) is 50.7 Å². The Morgan fingerprint density at radius 3 is 2.52 bits per heavy atom. The molecule has 1 aliphatic rings. The summed E-state index contributed by atoms with van der Waals surface area (Å²) >= 11 is 6.13. The Labute approximate surface area is 149 Å². The molecule has 3 rings (SSSR count). The van der Waals surface area contributed by atoms with Crippen LogP contribution in [0.2, 0.25) is 5.02 Å². The molecule has 1 saturated heterocycles. The fraction of sp³-hybridized carbons (Fsp3) is 0.267. The minimum absolute atomic E-state index is 0.0721. The van der Waals surface area contributed by atoms with Crippen LogP contribution in [-0.2, 0) is 10.0 Å². The maximum Gasteiger partial charge on any atom is 0.270 e. The summed E-state index contributed by atoms with van der Waals surface area (Å²) in [4.78, 5) is 16.1. The minimum Gasteiger partial charge on any atom is -0.368 e. The molecule has 1 aliphatic heterocycles. The van der Waals surface area contributed by atoms with Gasteiger partial charge in [-0.15, -0.1) is 0 Å². The Kier molecular flexibility index (Phi) is 4.89. The number of halogens is 1. The van der Waals surface area contributed by atoms with E-state index in [2.05, 4.69) is 4.98 Å². The van der Waals surface area contributed by atoms with Crippen molar-refractivity contribution in [3.8, 4) is 0 Å². The third-order valence-electron chi connectivity index (χ3n) is 4.00. The number of nitrogens with zero attached hydrogens (tertiary/aromatic N) is 4. The maximum absolute atomic E-state index is 12.7. The molecule has 1 aromatic heterocycles. The largest absolute Gasteiger partial charge is 0.368 e. The van der Waals surface area contributed by atoms with Crippen LogP contribution in [0, 0.1) is 10.1 Å². The summed E-state index contributed by atoms with van der Waals surface area (Å²) in [6, 6.07) is 6.88. The van der Waals surface area contributed by atoms with E-state index in [1.165, 1.54) is 22.5 Å². The highest BCUT2D eigenvalue weighted by Gasteiger charge is 2.30. The summed E-state index contributed by atoms with van der Waals surface area (Å²) in [5, 5.41) is 11.4. The number of nitro benzene ring substituents is 1. The van der Waals surface area contributed by atoms with Crippen molar-refractivity contribution in [1.29, 1.82) is 0 Å². The number of hydrogen-bond donors (Lipinski definition) is 0. The first kappa shape index (κ1) is 17.6. The number of benzene rings is 1. The predicted octanol–water partition coefficient (Wildman–Crippen LogP) is 2.15. The highest BCUT2D eigenvalue weighted by molar-refractivity contribution is 7.89. The van der Waals surface area contributed by atoms with Crippen molar-refractivity contribution in [3.63, 3.8) is 0 Å². The van der Waals surface area contributed by atoms with Gasteiger partial charge < -0.3 is 4.90 Å². The van der Waals surface area contributed by atoms with Gasteiger partial charge in [0.05, 0.1) is 20.5 Å². The lowest BCUT2D eigenvalue weighted by molar-refractivity contribution is -0.385. The number of anilines is 1. The van der Waals surface area contributed by atoms with Gasteiger partial charge in [0.1, 0.15) is 0 Å². The summed E-state index contributed by atoms with van der Waals surface area (Å²) in [6.07, 6.45) is 3.18. The number of nitro groups is 1. The molecule has 0 bridgehead atoms. The summed E-state index contributed by atoms with van der Waals surface area (Å²) < 4.78 is 26.8. The molecule has 132 valence electrons. The van der Waals surface area contributed by atoms with Gasteiger partial charge in [-0.05, 0) is 12.1 Å². The number of piperazine rings is 1. The topological polar surface area (TPSA) is 96.6 Å². The molecule has 8 nitrogen and oxygen atoms in total. The van der Waals surface area contributed by atoms with E-state index in [-0.39, 0.29) is 23.7 Å². The molecule has 0 unspecified atom stereocenters. The fourth-order valence-electron chi connectivity index (χ4n) is 2.70. The number of aromatic nitrogens is 1. The van der Waals surface area contributed by atoms with Crippen molar-refractivity contribution >= 4 is 33.0 Å². The average Bonchev–Trinajstić information content (AvgIpc) is 2.62. The van der Waals surface area contributed by atoms with E-state index in [0.717, 1.165) is 11.8 Å². The van der Waals surface area contributed by atoms with Crippen molar-refractivity contribution in [3.05, 3.63) is 57.9 Å². The van der Waals surface area contributed by atoms with Crippen LogP contribution in [0.15, 0.2) is 47.6 Å². The van der Waals surface area contributed by atoms with Crippen LogP contribution in [-0.4, -0.2) is 48.8 Å². The summed E-state index contributed by atoms with van der Waals surface area (Å²) in [5.41, 5.74) is 0.562. The van der Waals surface area contributed by atoms with E-state index in [4.69, 9.17) is 11.6 Å². The smallest absolute Gasteiger partial charge is 0.270 e. The van der Waals surface area contributed by atoms with Crippen molar-refractivity contribution in [2.75, 3.05) is 31.1 Å².